The van der Waals surface area contributed by atoms with Gasteiger partial charge in [-0.2, -0.15) is 11.8 Å². The Kier molecular flexibility index (Phi) is 6.47. The molecule has 2 aromatic rings. The summed E-state index contributed by atoms with van der Waals surface area (Å²) in [5.74, 6) is 3.97. The number of fused-ring (bicyclic) bond motifs is 1. The molecule has 4 nitrogen and oxygen atoms in total. The molecule has 1 aliphatic heterocycles. The number of pyridine rings is 1. The van der Waals surface area contributed by atoms with Crippen LogP contribution in [-0.4, -0.2) is 28.6 Å². The van der Waals surface area contributed by atoms with Crippen molar-refractivity contribution >= 4 is 34.1 Å². The molecule has 1 saturated heterocycles. The number of aromatic amines is 1. The third kappa shape index (κ3) is 4.19. The average molecular weight is 435 g/mol. The van der Waals surface area contributed by atoms with Crippen molar-refractivity contribution in [2.24, 2.45) is 17.1 Å². The lowest BCUT2D eigenvalue weighted by molar-refractivity contribution is 0.0102. The zero-order chi connectivity index (χ0) is 20.4. The maximum Gasteiger partial charge on any atom is 0.255 e. The summed E-state index contributed by atoms with van der Waals surface area (Å²) >= 11 is 8.53. The van der Waals surface area contributed by atoms with Crippen molar-refractivity contribution in [3.8, 4) is 5.75 Å². The van der Waals surface area contributed by atoms with Gasteiger partial charge in [0.1, 0.15) is 5.75 Å². The van der Waals surface area contributed by atoms with E-state index in [0.29, 0.717) is 16.2 Å². The van der Waals surface area contributed by atoms with Gasteiger partial charge < -0.3 is 15.5 Å². The van der Waals surface area contributed by atoms with Crippen molar-refractivity contribution in [1.82, 2.24) is 4.98 Å². The fourth-order valence-electron chi connectivity index (χ4n) is 5.47. The number of nitrogens with two attached hydrogens (primary N) is 1. The smallest absolute Gasteiger partial charge is 0.255 e. The number of rotatable bonds is 5. The first-order valence-electron chi connectivity index (χ1n) is 10.8. The maximum atomic E-state index is 12.0. The lowest BCUT2D eigenvalue weighted by atomic mass is 9.59. The molecule has 0 amide bonds. The van der Waals surface area contributed by atoms with E-state index >= 15 is 0 Å². The predicted octanol–water partition coefficient (Wildman–Crippen LogP) is 5.37. The van der Waals surface area contributed by atoms with Gasteiger partial charge in [-0.05, 0) is 91.4 Å². The Balaban J connectivity index is 1.49. The van der Waals surface area contributed by atoms with Crippen molar-refractivity contribution in [2.75, 3.05) is 11.5 Å². The fourth-order valence-corrected chi connectivity index (χ4v) is 6.78. The zero-order valence-corrected chi connectivity index (χ0v) is 18.7. The minimum Gasteiger partial charge on any atom is -0.489 e. The van der Waals surface area contributed by atoms with Gasteiger partial charge in [-0.1, -0.05) is 18.5 Å². The van der Waals surface area contributed by atoms with E-state index in [4.69, 9.17) is 22.1 Å². The van der Waals surface area contributed by atoms with Crippen LogP contribution in [0.1, 0.15) is 51.9 Å². The van der Waals surface area contributed by atoms with E-state index in [1.165, 1.54) is 24.3 Å². The number of H-pyrrole nitrogens is 1. The lowest BCUT2D eigenvalue weighted by Crippen LogP contribution is -2.51. The average Bonchev–Trinajstić information content (AvgIpc) is 2.76. The second-order valence-corrected chi connectivity index (χ2v) is 10.3. The van der Waals surface area contributed by atoms with Crippen molar-refractivity contribution in [2.45, 2.75) is 64.0 Å². The van der Waals surface area contributed by atoms with Crippen LogP contribution in [0.15, 0.2) is 29.2 Å². The molecule has 0 bridgehead atoms. The zero-order valence-electron chi connectivity index (χ0n) is 17.1. The van der Waals surface area contributed by atoms with Crippen LogP contribution in [0.5, 0.6) is 5.75 Å². The summed E-state index contributed by atoms with van der Waals surface area (Å²) in [5, 5.41) is 1.95. The largest absolute Gasteiger partial charge is 0.489 e. The Labute approximate surface area is 181 Å². The van der Waals surface area contributed by atoms with E-state index in [9.17, 15) is 4.79 Å². The van der Waals surface area contributed by atoms with Gasteiger partial charge in [0.25, 0.3) is 5.56 Å². The first kappa shape index (κ1) is 21.1. The first-order chi connectivity index (χ1) is 14.0. The van der Waals surface area contributed by atoms with Crippen LogP contribution in [0.4, 0.5) is 0 Å². The molecule has 29 heavy (non-hydrogen) atoms. The van der Waals surface area contributed by atoms with Crippen molar-refractivity contribution in [1.29, 1.82) is 0 Å². The van der Waals surface area contributed by atoms with Crippen LogP contribution in [0.2, 0.25) is 5.02 Å². The maximum absolute atomic E-state index is 12.0. The molecule has 1 aromatic heterocycles. The number of thioether (sulfide) groups is 1. The minimum absolute atomic E-state index is 0.127. The van der Waals surface area contributed by atoms with Crippen molar-refractivity contribution < 1.29 is 4.74 Å². The molecule has 0 unspecified atom stereocenters. The van der Waals surface area contributed by atoms with Gasteiger partial charge in [0, 0.05) is 17.6 Å². The fraction of sp³-hybridized carbons (Fsp3) is 0.609. The van der Waals surface area contributed by atoms with E-state index in [2.05, 4.69) is 23.7 Å². The summed E-state index contributed by atoms with van der Waals surface area (Å²) in [5.41, 5.74) is 6.84. The van der Waals surface area contributed by atoms with Crippen LogP contribution in [-0.2, 0) is 0 Å². The van der Waals surface area contributed by atoms with Gasteiger partial charge in [-0.25, -0.2) is 0 Å². The van der Waals surface area contributed by atoms with Crippen LogP contribution < -0.4 is 16.0 Å². The number of aromatic nitrogens is 1. The van der Waals surface area contributed by atoms with Gasteiger partial charge in [-0.15, -0.1) is 0 Å². The Hall–Kier alpha value is -1.17. The second-order valence-electron chi connectivity index (χ2n) is 8.63. The summed E-state index contributed by atoms with van der Waals surface area (Å²) in [6, 6.07) is 5.76. The summed E-state index contributed by atoms with van der Waals surface area (Å²) < 4.78 is 6.34. The molecule has 0 spiro atoms. The summed E-state index contributed by atoms with van der Waals surface area (Å²) in [6.07, 6.45) is 9.75. The highest BCUT2D eigenvalue weighted by Gasteiger charge is 2.46. The molecular formula is C23H31ClN2O2S. The van der Waals surface area contributed by atoms with E-state index in [0.717, 1.165) is 43.4 Å². The Morgan fingerprint density at radius 2 is 2.00 bits per heavy atom. The van der Waals surface area contributed by atoms with Gasteiger partial charge in [0.05, 0.1) is 11.1 Å². The molecule has 2 fully saturated rings. The number of benzene rings is 1. The summed E-state index contributed by atoms with van der Waals surface area (Å²) in [6.45, 7) is 2.23. The number of nitrogens with one attached hydrogen (secondary N) is 1. The Morgan fingerprint density at radius 1 is 1.28 bits per heavy atom. The van der Waals surface area contributed by atoms with Crippen LogP contribution >= 0.6 is 23.4 Å². The number of halogens is 1. The predicted molar refractivity (Wildman–Crippen MR) is 123 cm³/mol. The number of ether oxygens (including phenoxy) is 1. The molecular weight excluding hydrogens is 404 g/mol. The highest BCUT2D eigenvalue weighted by atomic mass is 35.5. The molecule has 1 saturated carbocycles. The molecule has 1 atom stereocenters. The molecule has 2 heterocycles. The van der Waals surface area contributed by atoms with Gasteiger partial charge in [0.2, 0.25) is 0 Å². The highest BCUT2D eigenvalue weighted by Crippen LogP contribution is 2.50. The number of hydrogen-bond acceptors (Lipinski definition) is 4. The Bertz CT molecular complexity index is 901. The third-order valence-electron chi connectivity index (χ3n) is 7.20. The third-order valence-corrected chi connectivity index (χ3v) is 8.54. The summed E-state index contributed by atoms with van der Waals surface area (Å²) in [7, 11) is 0. The van der Waals surface area contributed by atoms with Gasteiger partial charge in [0.15, 0.2) is 0 Å². The first-order valence-corrected chi connectivity index (χ1v) is 12.4. The van der Waals surface area contributed by atoms with Gasteiger partial charge in [-0.3, -0.25) is 4.79 Å². The van der Waals surface area contributed by atoms with Crippen LogP contribution in [0, 0.1) is 11.3 Å². The van der Waals surface area contributed by atoms with E-state index < -0.39 is 0 Å². The molecule has 1 aliphatic carbocycles. The van der Waals surface area contributed by atoms with Crippen LogP contribution in [0.25, 0.3) is 10.8 Å². The van der Waals surface area contributed by atoms with Crippen molar-refractivity contribution in [3.05, 3.63) is 39.8 Å². The molecule has 6 heteroatoms. The van der Waals surface area contributed by atoms with E-state index in [-0.39, 0.29) is 23.1 Å². The molecule has 3 N–H and O–H groups in total. The SMILES string of the molecule is CC[C@@H](N)[C@]1(C2CCSCC2)CC[C@@H](Oc2cc3cc[nH]c(=O)c3cc2Cl)CC1. The lowest BCUT2D eigenvalue weighted by Gasteiger charge is -2.50. The topological polar surface area (TPSA) is 68.1 Å². The molecule has 4 rings (SSSR count). The van der Waals surface area contributed by atoms with Gasteiger partial charge >= 0.3 is 0 Å². The second kappa shape index (κ2) is 8.91. The monoisotopic (exact) mass is 434 g/mol. The van der Waals surface area contributed by atoms with E-state index in [1.54, 1.807) is 12.3 Å². The molecule has 1 aromatic carbocycles. The standard InChI is InChI=1S/C23H31ClN2O2S/c1-2-21(25)23(16-6-11-29-12-7-16)8-3-17(4-9-23)28-20-13-15-5-10-26-22(27)18(15)14-19(20)24/h5,10,13-14,16-17,21H,2-4,6-9,11-12,25H2,1H3,(H,26,27)/t17-,21-,23-/m1/s1. The summed E-state index contributed by atoms with van der Waals surface area (Å²) in [4.78, 5) is 14.7. The van der Waals surface area contributed by atoms with Crippen molar-refractivity contribution in [3.63, 3.8) is 0 Å². The molecule has 0 radical (unpaired) electrons. The molecule has 158 valence electrons. The molecule has 2 aliphatic rings. The highest BCUT2D eigenvalue weighted by molar-refractivity contribution is 7.99. The minimum atomic E-state index is -0.127. The normalized spacial score (nSPS) is 27.1. The van der Waals surface area contributed by atoms with Crippen LogP contribution in [0.3, 0.4) is 0 Å². The quantitative estimate of drug-likeness (QED) is 0.663. The Morgan fingerprint density at radius 3 is 2.69 bits per heavy atom. The number of hydrogen-bond donors (Lipinski definition) is 2. The van der Waals surface area contributed by atoms with E-state index in [1.807, 2.05) is 12.1 Å².